The zero-order valence-electron chi connectivity index (χ0n) is 15.3. The van der Waals surface area contributed by atoms with Crippen molar-refractivity contribution < 1.29 is 18.4 Å². The normalized spacial score (nSPS) is 11.2. The first kappa shape index (κ1) is 19.6. The molecule has 0 radical (unpaired) electrons. The summed E-state index contributed by atoms with van der Waals surface area (Å²) >= 11 is 0. The van der Waals surface area contributed by atoms with Crippen LogP contribution in [0.4, 0.5) is 20.2 Å². The molecule has 6 heteroatoms. The number of rotatable bonds is 4. The highest BCUT2D eigenvalue weighted by Crippen LogP contribution is 2.24. The Hall–Kier alpha value is -2.76. The second-order valence-electron chi connectivity index (χ2n) is 7.08. The molecule has 0 aromatic heterocycles. The quantitative estimate of drug-likeness (QED) is 0.886. The lowest BCUT2D eigenvalue weighted by Crippen LogP contribution is -2.37. The van der Waals surface area contributed by atoms with Crippen molar-refractivity contribution in [1.29, 1.82) is 0 Å². The molecule has 1 N–H and O–H groups in total. The lowest BCUT2D eigenvalue weighted by molar-refractivity contribution is -0.120. The Bertz CT molecular complexity index is 812. The molecule has 2 aromatic rings. The molecule has 0 bridgehead atoms. The topological polar surface area (TPSA) is 49.4 Å². The van der Waals surface area contributed by atoms with Gasteiger partial charge in [0.25, 0.3) is 0 Å². The van der Waals surface area contributed by atoms with E-state index in [9.17, 15) is 18.4 Å². The van der Waals surface area contributed by atoms with Gasteiger partial charge in [0.1, 0.15) is 18.2 Å². The van der Waals surface area contributed by atoms with Crippen LogP contribution in [-0.4, -0.2) is 18.4 Å². The highest BCUT2D eigenvalue weighted by atomic mass is 19.1. The van der Waals surface area contributed by atoms with E-state index in [1.165, 1.54) is 6.92 Å². The van der Waals surface area contributed by atoms with E-state index in [0.717, 1.165) is 22.6 Å². The number of carbonyl (C=O) groups is 2. The second kappa shape index (κ2) is 7.64. The number of hydrogen-bond acceptors (Lipinski definition) is 2. The summed E-state index contributed by atoms with van der Waals surface area (Å²) in [6.07, 6.45) is 0. The molecule has 0 saturated heterocycles. The molecule has 0 saturated carbocycles. The van der Waals surface area contributed by atoms with Crippen molar-refractivity contribution in [2.75, 3.05) is 16.8 Å². The number of carbonyl (C=O) groups excluding carboxylic acids is 2. The van der Waals surface area contributed by atoms with Gasteiger partial charge in [-0.1, -0.05) is 32.9 Å². The molecule has 2 aromatic carbocycles. The van der Waals surface area contributed by atoms with Gasteiger partial charge in [0.05, 0.1) is 5.69 Å². The molecule has 0 aliphatic heterocycles. The van der Waals surface area contributed by atoms with Crippen LogP contribution in [0, 0.1) is 11.6 Å². The predicted octanol–water partition coefficient (Wildman–Crippen LogP) is 4.25. The molecule has 0 aliphatic rings. The monoisotopic (exact) mass is 360 g/mol. The van der Waals surface area contributed by atoms with Crippen LogP contribution >= 0.6 is 0 Å². The molecule has 0 unspecified atom stereocenters. The van der Waals surface area contributed by atoms with E-state index in [2.05, 4.69) is 26.1 Å². The van der Waals surface area contributed by atoms with Crippen molar-refractivity contribution in [3.63, 3.8) is 0 Å². The number of benzene rings is 2. The number of nitrogens with one attached hydrogen (secondary N) is 1. The van der Waals surface area contributed by atoms with E-state index in [-0.39, 0.29) is 17.6 Å². The van der Waals surface area contributed by atoms with E-state index >= 15 is 0 Å². The second-order valence-corrected chi connectivity index (χ2v) is 7.08. The van der Waals surface area contributed by atoms with Crippen molar-refractivity contribution in [2.45, 2.75) is 33.1 Å². The van der Waals surface area contributed by atoms with Crippen molar-refractivity contribution in [3.05, 3.63) is 59.7 Å². The number of anilines is 2. The van der Waals surface area contributed by atoms with Crippen LogP contribution in [-0.2, 0) is 15.0 Å². The molecule has 2 rings (SSSR count). The van der Waals surface area contributed by atoms with Crippen LogP contribution in [0.15, 0.2) is 42.5 Å². The van der Waals surface area contributed by atoms with Crippen molar-refractivity contribution in [1.82, 2.24) is 0 Å². The fourth-order valence-electron chi connectivity index (χ4n) is 2.46. The van der Waals surface area contributed by atoms with Crippen LogP contribution < -0.4 is 10.2 Å². The first-order valence-electron chi connectivity index (χ1n) is 8.21. The van der Waals surface area contributed by atoms with Gasteiger partial charge in [-0.2, -0.15) is 0 Å². The standard InChI is InChI=1S/C20H22F2N2O2/c1-13(25)24(18-10-7-15(21)11-17(18)22)12-19(26)23-16-8-5-14(6-9-16)20(2,3)4/h5-11H,12H2,1-4H3,(H,23,26). The smallest absolute Gasteiger partial charge is 0.244 e. The number of nitrogens with zero attached hydrogens (tertiary/aromatic N) is 1. The number of halogens is 2. The fourth-order valence-corrected chi connectivity index (χ4v) is 2.46. The third-order valence-corrected chi connectivity index (χ3v) is 3.92. The van der Waals surface area contributed by atoms with Gasteiger partial charge >= 0.3 is 0 Å². The predicted molar refractivity (Wildman–Crippen MR) is 98.2 cm³/mol. The summed E-state index contributed by atoms with van der Waals surface area (Å²) in [7, 11) is 0. The maximum Gasteiger partial charge on any atom is 0.244 e. The summed E-state index contributed by atoms with van der Waals surface area (Å²) in [4.78, 5) is 25.0. The first-order valence-corrected chi connectivity index (χ1v) is 8.21. The number of amides is 2. The zero-order valence-corrected chi connectivity index (χ0v) is 15.3. The van der Waals surface area contributed by atoms with Gasteiger partial charge in [-0.25, -0.2) is 8.78 Å². The molecule has 0 fully saturated rings. The minimum absolute atomic E-state index is 0.00588. The van der Waals surface area contributed by atoms with Gasteiger partial charge in [-0.3, -0.25) is 9.59 Å². The average molecular weight is 360 g/mol. The lowest BCUT2D eigenvalue weighted by Gasteiger charge is -2.22. The van der Waals surface area contributed by atoms with Crippen LogP contribution in [0.1, 0.15) is 33.3 Å². The van der Waals surface area contributed by atoms with E-state index in [0.29, 0.717) is 11.8 Å². The van der Waals surface area contributed by atoms with Crippen LogP contribution in [0.3, 0.4) is 0 Å². The largest absolute Gasteiger partial charge is 0.325 e. The molecule has 0 atom stereocenters. The molecule has 0 spiro atoms. The molecule has 138 valence electrons. The third kappa shape index (κ3) is 4.88. The van der Waals surface area contributed by atoms with E-state index in [1.54, 1.807) is 12.1 Å². The van der Waals surface area contributed by atoms with Crippen LogP contribution in [0.2, 0.25) is 0 Å². The Morgan fingerprint density at radius 2 is 1.65 bits per heavy atom. The maximum absolute atomic E-state index is 13.9. The van der Waals surface area contributed by atoms with E-state index in [1.807, 2.05) is 12.1 Å². The summed E-state index contributed by atoms with van der Waals surface area (Å²) < 4.78 is 27.0. The summed E-state index contributed by atoms with van der Waals surface area (Å²) in [5.41, 5.74) is 1.55. The highest BCUT2D eigenvalue weighted by molar-refractivity contribution is 6.01. The van der Waals surface area contributed by atoms with Crippen LogP contribution in [0.25, 0.3) is 0 Å². The minimum Gasteiger partial charge on any atom is -0.325 e. The zero-order chi connectivity index (χ0) is 19.5. The molecular formula is C20H22F2N2O2. The van der Waals surface area contributed by atoms with Gasteiger partial charge in [-0.15, -0.1) is 0 Å². The van der Waals surface area contributed by atoms with E-state index < -0.39 is 23.4 Å². The fraction of sp³-hybridized carbons (Fsp3) is 0.300. The molecule has 0 heterocycles. The van der Waals surface area contributed by atoms with Gasteiger partial charge in [-0.05, 0) is 35.2 Å². The van der Waals surface area contributed by atoms with E-state index in [4.69, 9.17) is 0 Å². The van der Waals surface area contributed by atoms with Crippen molar-refractivity contribution in [2.24, 2.45) is 0 Å². The van der Waals surface area contributed by atoms with Gasteiger partial charge < -0.3 is 10.2 Å². The summed E-state index contributed by atoms with van der Waals surface area (Å²) in [5, 5.41) is 2.68. The molecular weight excluding hydrogens is 338 g/mol. The average Bonchev–Trinajstić information content (AvgIpc) is 2.52. The Morgan fingerprint density at radius 1 is 1.04 bits per heavy atom. The molecule has 26 heavy (non-hydrogen) atoms. The lowest BCUT2D eigenvalue weighted by atomic mass is 9.87. The summed E-state index contributed by atoms with van der Waals surface area (Å²) in [6.45, 7) is 7.10. The molecule has 4 nitrogen and oxygen atoms in total. The highest BCUT2D eigenvalue weighted by Gasteiger charge is 2.20. The Balaban J connectivity index is 2.12. The first-order chi connectivity index (χ1) is 12.1. The summed E-state index contributed by atoms with van der Waals surface area (Å²) in [6, 6.07) is 10.2. The Morgan fingerprint density at radius 3 is 2.15 bits per heavy atom. The third-order valence-electron chi connectivity index (χ3n) is 3.92. The Labute approximate surface area is 151 Å². The molecule has 0 aliphatic carbocycles. The van der Waals surface area contributed by atoms with Gasteiger partial charge in [0, 0.05) is 18.7 Å². The van der Waals surface area contributed by atoms with Gasteiger partial charge in [0.2, 0.25) is 11.8 Å². The Kier molecular flexibility index (Phi) is 5.75. The van der Waals surface area contributed by atoms with Gasteiger partial charge in [0.15, 0.2) is 0 Å². The summed E-state index contributed by atoms with van der Waals surface area (Å²) in [5.74, 6) is -2.65. The van der Waals surface area contributed by atoms with Crippen molar-refractivity contribution in [3.8, 4) is 0 Å². The molecule has 2 amide bonds. The maximum atomic E-state index is 13.9. The SMILES string of the molecule is CC(=O)N(CC(=O)Nc1ccc(C(C)(C)C)cc1)c1ccc(F)cc1F. The van der Waals surface area contributed by atoms with Crippen LogP contribution in [0.5, 0.6) is 0 Å². The van der Waals surface area contributed by atoms with Crippen molar-refractivity contribution >= 4 is 23.2 Å². The number of hydrogen-bond donors (Lipinski definition) is 1. The minimum atomic E-state index is -0.900.